The minimum atomic E-state index is -4.67. The minimum absolute atomic E-state index is 0.204. The van der Waals surface area contributed by atoms with Crippen molar-refractivity contribution >= 4 is 27.7 Å². The van der Waals surface area contributed by atoms with Crippen LogP contribution in [-0.2, 0) is 10.4 Å². The smallest absolute Gasteiger partial charge is 0.393 e. The average molecular weight is 307 g/mol. The van der Waals surface area contributed by atoms with Crippen LogP contribution in [0.3, 0.4) is 0 Å². The topological polar surface area (TPSA) is 176 Å². The third-order valence-electron chi connectivity index (χ3n) is 2.64. The van der Waals surface area contributed by atoms with E-state index in [1.54, 1.807) is 0 Å². The van der Waals surface area contributed by atoms with Gasteiger partial charge in [-0.15, -0.1) is 0 Å². The first-order valence-corrected chi connectivity index (χ1v) is 7.18. The fraction of sp³-hybridized carbons (Fsp3) is 0.556. The van der Waals surface area contributed by atoms with E-state index in [-0.39, 0.29) is 5.82 Å². The van der Waals surface area contributed by atoms with Gasteiger partial charge in [-0.05, 0) is 19.3 Å². The Kier molecular flexibility index (Phi) is 5.30. The Balaban J connectivity index is 0.000000347. The Morgan fingerprint density at radius 3 is 2.15 bits per heavy atom. The lowest BCUT2D eigenvalue weighted by atomic mass is 10.1. The van der Waals surface area contributed by atoms with E-state index in [2.05, 4.69) is 9.97 Å². The molecule has 0 bridgehead atoms. The van der Waals surface area contributed by atoms with E-state index >= 15 is 0 Å². The van der Waals surface area contributed by atoms with Crippen LogP contribution in [0.2, 0.25) is 0 Å². The van der Waals surface area contributed by atoms with E-state index in [1.165, 1.54) is 6.42 Å². The van der Waals surface area contributed by atoms with Crippen molar-refractivity contribution in [2.75, 3.05) is 29.5 Å². The molecule has 1 aliphatic rings. The zero-order valence-electron chi connectivity index (χ0n) is 10.6. The van der Waals surface area contributed by atoms with Crippen LogP contribution in [0.15, 0.2) is 4.79 Å². The molecular formula is C9H17N5O5S. The van der Waals surface area contributed by atoms with Gasteiger partial charge in [0.2, 0.25) is 0 Å². The molecule has 2 heterocycles. The van der Waals surface area contributed by atoms with Crippen LogP contribution >= 0.6 is 0 Å². The molecule has 1 saturated heterocycles. The predicted molar refractivity (Wildman–Crippen MR) is 73.9 cm³/mol. The summed E-state index contributed by atoms with van der Waals surface area (Å²) in [4.78, 5) is 19.4. The highest BCUT2D eigenvalue weighted by atomic mass is 32.3. The number of nitrogen functional groups attached to an aromatic ring is 2. The molecule has 7 N–H and O–H groups in total. The highest BCUT2D eigenvalue weighted by Gasteiger charge is 2.16. The van der Waals surface area contributed by atoms with E-state index in [0.29, 0.717) is 11.5 Å². The van der Waals surface area contributed by atoms with Crippen molar-refractivity contribution in [2.45, 2.75) is 19.3 Å². The second-order valence-corrected chi connectivity index (χ2v) is 5.08. The van der Waals surface area contributed by atoms with Gasteiger partial charge in [-0.25, -0.2) is 4.79 Å². The maximum atomic E-state index is 11.2. The van der Waals surface area contributed by atoms with Gasteiger partial charge in [0.05, 0.1) is 0 Å². The first-order valence-electron chi connectivity index (χ1n) is 5.78. The quantitative estimate of drug-likeness (QED) is 0.418. The van der Waals surface area contributed by atoms with Crippen LogP contribution in [0.5, 0.6) is 0 Å². The number of anilines is 3. The molecule has 2 rings (SSSR count). The number of rotatable bonds is 1. The normalized spacial score (nSPS) is 15.4. The van der Waals surface area contributed by atoms with Crippen molar-refractivity contribution in [3.05, 3.63) is 10.5 Å². The molecule has 0 saturated carbocycles. The summed E-state index contributed by atoms with van der Waals surface area (Å²) >= 11 is 0. The van der Waals surface area contributed by atoms with Crippen molar-refractivity contribution in [2.24, 2.45) is 0 Å². The van der Waals surface area contributed by atoms with Gasteiger partial charge in [0.1, 0.15) is 11.5 Å². The predicted octanol–water partition coefficient (Wildman–Crippen LogP) is -0.728. The monoisotopic (exact) mass is 307 g/mol. The molecule has 1 aromatic rings. The lowest BCUT2D eigenvalue weighted by molar-refractivity contribution is 0.381. The maximum Gasteiger partial charge on any atom is 0.394 e. The molecule has 0 radical (unpaired) electrons. The van der Waals surface area contributed by atoms with Gasteiger partial charge in [-0.3, -0.25) is 14.1 Å². The minimum Gasteiger partial charge on any atom is -0.393 e. The summed E-state index contributed by atoms with van der Waals surface area (Å²) in [5.41, 5.74) is 11.3. The maximum absolute atomic E-state index is 11.2. The summed E-state index contributed by atoms with van der Waals surface area (Å²) in [6, 6.07) is 0. The van der Waals surface area contributed by atoms with Gasteiger partial charge in [-0.2, -0.15) is 13.4 Å². The number of hydrogen-bond acceptors (Lipinski definition) is 7. The number of hydrogen-bond donors (Lipinski definition) is 5. The van der Waals surface area contributed by atoms with E-state index in [9.17, 15) is 4.79 Å². The Bertz CT molecular complexity index is 600. The van der Waals surface area contributed by atoms with Gasteiger partial charge >= 0.3 is 16.1 Å². The van der Waals surface area contributed by atoms with Crippen molar-refractivity contribution in [3.8, 4) is 0 Å². The number of aromatic nitrogens is 2. The summed E-state index contributed by atoms with van der Waals surface area (Å²) in [7, 11) is -4.67. The Morgan fingerprint density at radius 1 is 1.15 bits per heavy atom. The van der Waals surface area contributed by atoms with Crippen LogP contribution in [0, 0.1) is 0 Å². The molecule has 10 nitrogen and oxygen atoms in total. The standard InChI is InChI=1S/C9H15N5O.H2O4S/c10-6-7(11)12-9(15)13-8(6)14-4-2-1-3-5-14;1-5(2,3)4/h1-5,10H2,(H3,11,12,13,15);(H2,1,2,3,4). The summed E-state index contributed by atoms with van der Waals surface area (Å²) in [5, 5.41) is 0. The first-order chi connectivity index (χ1) is 9.18. The van der Waals surface area contributed by atoms with Crippen LogP contribution in [0.1, 0.15) is 19.3 Å². The van der Waals surface area contributed by atoms with Crippen molar-refractivity contribution in [1.82, 2.24) is 9.97 Å². The zero-order chi connectivity index (χ0) is 15.3. The van der Waals surface area contributed by atoms with Gasteiger partial charge in [0.15, 0.2) is 5.82 Å². The van der Waals surface area contributed by atoms with E-state index in [0.717, 1.165) is 25.9 Å². The molecule has 1 aromatic heterocycles. The number of nitrogens with two attached hydrogens (primary N) is 2. The van der Waals surface area contributed by atoms with Gasteiger partial charge in [-0.1, -0.05) is 0 Å². The molecule has 0 atom stereocenters. The number of nitrogens with zero attached hydrogens (tertiary/aromatic N) is 2. The first kappa shape index (κ1) is 16.2. The summed E-state index contributed by atoms with van der Waals surface area (Å²) in [5.74, 6) is 0.728. The number of nitrogens with one attached hydrogen (secondary N) is 1. The summed E-state index contributed by atoms with van der Waals surface area (Å²) < 4.78 is 31.6. The van der Waals surface area contributed by atoms with Crippen molar-refractivity contribution in [3.63, 3.8) is 0 Å². The summed E-state index contributed by atoms with van der Waals surface area (Å²) in [6.45, 7) is 1.78. The lowest BCUT2D eigenvalue weighted by Crippen LogP contribution is -2.33. The fourth-order valence-corrected chi connectivity index (χ4v) is 1.83. The third-order valence-corrected chi connectivity index (χ3v) is 2.64. The second kappa shape index (κ2) is 6.54. The zero-order valence-corrected chi connectivity index (χ0v) is 11.4. The molecule has 0 amide bonds. The molecule has 1 fully saturated rings. The molecule has 114 valence electrons. The molecule has 20 heavy (non-hydrogen) atoms. The Morgan fingerprint density at radius 2 is 1.65 bits per heavy atom. The van der Waals surface area contributed by atoms with E-state index < -0.39 is 16.1 Å². The van der Waals surface area contributed by atoms with Crippen LogP contribution in [0.4, 0.5) is 17.3 Å². The highest BCUT2D eigenvalue weighted by molar-refractivity contribution is 7.79. The fourth-order valence-electron chi connectivity index (χ4n) is 1.83. The Hall–Kier alpha value is -1.85. The van der Waals surface area contributed by atoms with Gasteiger partial charge in [0.25, 0.3) is 0 Å². The van der Waals surface area contributed by atoms with Crippen LogP contribution in [-0.4, -0.2) is 40.6 Å². The molecular weight excluding hydrogens is 290 g/mol. The molecule has 0 unspecified atom stereocenters. The molecule has 11 heteroatoms. The van der Waals surface area contributed by atoms with Gasteiger partial charge < -0.3 is 16.4 Å². The molecule has 0 aromatic carbocycles. The number of aromatic amines is 1. The lowest BCUT2D eigenvalue weighted by Gasteiger charge is -2.28. The highest BCUT2D eigenvalue weighted by Crippen LogP contribution is 2.25. The van der Waals surface area contributed by atoms with Crippen molar-refractivity contribution < 1.29 is 17.5 Å². The number of piperidine rings is 1. The summed E-state index contributed by atoms with van der Waals surface area (Å²) in [6.07, 6.45) is 3.43. The SMILES string of the molecule is Nc1[nH]c(=O)nc(N2CCCCC2)c1N.O=S(=O)(O)O. The molecule has 0 spiro atoms. The average Bonchev–Trinajstić information content (AvgIpc) is 2.33. The Labute approximate surface area is 115 Å². The van der Waals surface area contributed by atoms with Crippen LogP contribution < -0.4 is 22.1 Å². The van der Waals surface area contributed by atoms with Crippen LogP contribution in [0.25, 0.3) is 0 Å². The van der Waals surface area contributed by atoms with E-state index in [1.807, 2.05) is 4.90 Å². The van der Waals surface area contributed by atoms with Gasteiger partial charge in [0, 0.05) is 13.1 Å². The largest absolute Gasteiger partial charge is 0.394 e. The van der Waals surface area contributed by atoms with Crippen molar-refractivity contribution in [1.29, 1.82) is 0 Å². The number of H-pyrrole nitrogens is 1. The molecule has 0 aliphatic carbocycles. The van der Waals surface area contributed by atoms with E-state index in [4.69, 9.17) is 29.0 Å². The second-order valence-electron chi connectivity index (χ2n) is 4.19. The molecule has 1 aliphatic heterocycles. The third kappa shape index (κ3) is 5.42.